The number of hydrogen-bond donors (Lipinski definition) is 0. The van der Waals surface area contributed by atoms with Crippen LogP contribution in [0.4, 0.5) is 109 Å². The third kappa shape index (κ3) is 16.0. The van der Waals surface area contributed by atoms with Gasteiger partial charge in [0, 0.05) is 132 Å². The van der Waals surface area contributed by atoms with E-state index in [4.69, 9.17) is 4.11 Å². The van der Waals surface area contributed by atoms with Gasteiger partial charge in [-0.3, -0.25) is 0 Å². The minimum atomic E-state index is -2.09. The minimum Gasteiger partial charge on any atom is -0.359 e. The number of para-hydroxylation sites is 9. The highest BCUT2D eigenvalue weighted by atomic mass is 15.5. The lowest BCUT2D eigenvalue weighted by atomic mass is 10.1. The standard InChI is InChI=1S/2C20H19N3.C19H18N4.C15H17N3.C14H16N4.C12H16N2/c1-15-9-6-7-12-18(15)23-16(2)22(17-10-4-3-5-11-17)20-19(23)13-8-14-21-20;1-15-9-6-7-12-18(15)23-16(2)22(17-10-4-3-5-11-17)19-13-8-14-21-20(19)23;1-14-8-6-7-11-17(14)23-15(2)22(16-9-4-3-5-10-16)18-19(23)21-13-12-20-18;1-11-7-4-5-8-13(11)18-12(2)17(3)15-14(18)9-6-10-16-15;1-10-6-4-5-7-12(10)18-11(2)17(3)13-14(18)16-9-8-15-13;1-10-6-4-5-7-12(10)14-9-8-13(3)11(14)2/h2*3-14,16H,1-2H3;3-13,15H,1-2H3;4-10,12H,1-3H3;4-9,11H,1-3H3;4-9,11H,1-3H3/i;;;;;3D3. The molecule has 6 aliphatic rings. The molecule has 0 amide bonds. The quantitative estimate of drug-likeness (QED) is 0.136. The zero-order valence-corrected chi connectivity index (χ0v) is 70.1. The predicted octanol–water partition coefficient (Wildman–Crippen LogP) is 23.1. The molecule has 19 nitrogen and oxygen atoms in total. The van der Waals surface area contributed by atoms with Crippen molar-refractivity contribution in [3.05, 3.63) is 362 Å². The Labute approximate surface area is 706 Å². The summed E-state index contributed by atoms with van der Waals surface area (Å²) >= 11 is 0. The number of nitrogens with zero attached hydrogens (tertiary/aromatic N) is 19. The molecule has 20 rings (SSSR count). The van der Waals surface area contributed by atoms with Gasteiger partial charge < -0.3 is 58.8 Å². The number of hydrogen-bond acceptors (Lipinski definition) is 19. The number of pyridine rings is 3. The van der Waals surface area contributed by atoms with Gasteiger partial charge in [0.15, 0.2) is 40.7 Å². The van der Waals surface area contributed by atoms with E-state index in [0.717, 1.165) is 74.7 Å². The van der Waals surface area contributed by atoms with Gasteiger partial charge in [0.05, 0.1) is 17.1 Å². The van der Waals surface area contributed by atoms with Crippen LogP contribution < -0.4 is 53.9 Å². The van der Waals surface area contributed by atoms with E-state index < -0.39 is 6.98 Å². The van der Waals surface area contributed by atoms with Crippen molar-refractivity contribution in [2.75, 3.05) is 75.0 Å². The molecule has 11 heterocycles. The summed E-state index contributed by atoms with van der Waals surface area (Å²) < 4.78 is 22.3. The monoisotopic (exact) mass is 1570 g/mol. The van der Waals surface area contributed by atoms with E-state index >= 15 is 0 Å². The molecule has 6 atom stereocenters. The lowest BCUT2D eigenvalue weighted by molar-refractivity contribution is 0.383. The second-order valence-electron chi connectivity index (χ2n) is 30.3. The van der Waals surface area contributed by atoms with Gasteiger partial charge in [-0.15, -0.1) is 0 Å². The van der Waals surface area contributed by atoms with E-state index in [-0.39, 0.29) is 37.0 Å². The summed E-state index contributed by atoms with van der Waals surface area (Å²) in [5.41, 5.74) is 21.5. The first kappa shape index (κ1) is 76.2. The van der Waals surface area contributed by atoms with Gasteiger partial charge in [0.2, 0.25) is 0 Å². The third-order valence-corrected chi connectivity index (χ3v) is 22.9. The molecule has 5 aromatic heterocycles. The molecular formula is C100H105N19. The Balaban J connectivity index is 0.000000114. The summed E-state index contributed by atoms with van der Waals surface area (Å²) in [5.74, 6) is 6.74. The largest absolute Gasteiger partial charge is 0.359 e. The second kappa shape index (κ2) is 35.6. The molecule has 0 spiro atoms. The van der Waals surface area contributed by atoms with Crippen molar-refractivity contribution >= 4 is 109 Å². The Morgan fingerprint density at radius 1 is 0.218 bits per heavy atom. The lowest BCUT2D eigenvalue weighted by Gasteiger charge is -2.30. The van der Waals surface area contributed by atoms with Crippen molar-refractivity contribution in [3.63, 3.8) is 0 Å². The van der Waals surface area contributed by atoms with Gasteiger partial charge in [0.1, 0.15) is 37.0 Å². The van der Waals surface area contributed by atoms with Crippen molar-refractivity contribution in [1.82, 2.24) is 39.8 Å². The van der Waals surface area contributed by atoms with Gasteiger partial charge in [0.25, 0.3) is 0 Å². The van der Waals surface area contributed by atoms with E-state index in [1.807, 2.05) is 104 Å². The summed E-state index contributed by atoms with van der Waals surface area (Å²) in [6.45, 7) is 23.5. The second-order valence-corrected chi connectivity index (χ2v) is 30.3. The van der Waals surface area contributed by atoms with Crippen LogP contribution in [0.3, 0.4) is 0 Å². The first-order valence-electron chi connectivity index (χ1n) is 42.1. The van der Waals surface area contributed by atoms with Crippen molar-refractivity contribution in [1.29, 1.82) is 0 Å². The number of fused-ring (bicyclic) bond motifs is 5. The van der Waals surface area contributed by atoms with Crippen LogP contribution in [-0.2, 0) is 0 Å². The lowest BCUT2D eigenvalue weighted by Crippen LogP contribution is -2.36. The maximum atomic E-state index is 7.45. The molecule has 6 aliphatic heterocycles. The van der Waals surface area contributed by atoms with Gasteiger partial charge in [-0.1, -0.05) is 164 Å². The number of anilines is 19. The Morgan fingerprint density at radius 3 is 0.899 bits per heavy atom. The number of aromatic nitrogens is 7. The average molecular weight is 1580 g/mol. The van der Waals surface area contributed by atoms with Crippen LogP contribution >= 0.6 is 0 Å². The fourth-order valence-electron chi connectivity index (χ4n) is 16.5. The van der Waals surface area contributed by atoms with Gasteiger partial charge in [-0.05, 0) is 226 Å². The molecule has 0 saturated carbocycles. The van der Waals surface area contributed by atoms with Crippen molar-refractivity contribution in [2.45, 2.75) is 120 Å². The Kier molecular flexibility index (Phi) is 22.8. The van der Waals surface area contributed by atoms with Crippen LogP contribution in [0.2, 0.25) is 0 Å². The molecule has 0 radical (unpaired) electrons. The Bertz CT molecular complexity index is 5500. The molecule has 0 saturated heterocycles. The van der Waals surface area contributed by atoms with Crippen LogP contribution in [0.1, 0.15) is 79.0 Å². The molecule has 0 bridgehead atoms. The van der Waals surface area contributed by atoms with E-state index in [1.165, 1.54) is 72.5 Å². The molecule has 0 fully saturated rings. The molecule has 0 aliphatic carbocycles. The zero-order chi connectivity index (χ0) is 85.5. The van der Waals surface area contributed by atoms with Crippen LogP contribution in [0.25, 0.3) is 0 Å². The molecule has 19 heteroatoms. The SMILES string of the molecule is Cc1ccccc1N1c2cccnc2N(C)C1C.Cc1ccccc1N1c2cccnc2N(c2ccccc2)C1C.Cc1ccccc1N1c2ncccc2N(c2ccccc2)C1C.Cc1ccccc1N1c2nccnc2N(C)C1C.Cc1ccccc1N1c2nccnc2N(c2ccccc2)C1C.[2H]C([2H])([2H])N1C=CN(c2ccccc2C)C1C. The number of rotatable bonds is 9. The molecule has 0 N–H and O–H groups in total. The highest BCUT2D eigenvalue weighted by Gasteiger charge is 2.41. The zero-order valence-electron chi connectivity index (χ0n) is 73.1. The third-order valence-electron chi connectivity index (χ3n) is 22.9. The first-order chi connectivity index (χ1) is 59.1. The van der Waals surface area contributed by atoms with E-state index in [2.05, 4.69) is 380 Å². The summed E-state index contributed by atoms with van der Waals surface area (Å²) in [5, 5.41) is 0. The van der Waals surface area contributed by atoms with Gasteiger partial charge in [-0.2, -0.15) is 0 Å². The van der Waals surface area contributed by atoms with Gasteiger partial charge >= 0.3 is 0 Å². The van der Waals surface area contributed by atoms with Crippen LogP contribution in [0.15, 0.2) is 329 Å². The molecule has 6 unspecified atom stereocenters. The molecular weight excluding hydrogens is 1470 g/mol. The molecule has 600 valence electrons. The molecule has 14 aromatic rings. The van der Waals surface area contributed by atoms with E-state index in [9.17, 15) is 0 Å². The minimum absolute atomic E-state index is 0.107. The Hall–Kier alpha value is -14.1. The average Bonchev–Trinajstić information content (AvgIpc) is 1.63. The smallest absolute Gasteiger partial charge is 0.178 e. The fourth-order valence-corrected chi connectivity index (χ4v) is 16.5. The maximum absolute atomic E-state index is 7.45. The summed E-state index contributed by atoms with van der Waals surface area (Å²) in [4.78, 5) is 58.0. The normalized spacial score (nSPS) is 17.9. The van der Waals surface area contributed by atoms with Crippen LogP contribution in [-0.4, -0.2) is 97.9 Å². The summed E-state index contributed by atoms with van der Waals surface area (Å²) in [6.07, 6.45) is 16.8. The number of aryl methyl sites for hydroxylation is 6. The topological polar surface area (TPSA) is 129 Å². The van der Waals surface area contributed by atoms with Crippen molar-refractivity contribution in [3.8, 4) is 0 Å². The van der Waals surface area contributed by atoms with Crippen molar-refractivity contribution < 1.29 is 4.11 Å². The first-order valence-corrected chi connectivity index (χ1v) is 40.6. The van der Waals surface area contributed by atoms with Crippen molar-refractivity contribution in [2.24, 2.45) is 0 Å². The fraction of sp³-hybridized carbons (Fsp3) is 0.210. The highest BCUT2D eigenvalue weighted by Crippen LogP contribution is 2.51. The molecule has 9 aromatic carbocycles. The summed E-state index contributed by atoms with van der Waals surface area (Å²) in [6, 6.07) is 93.9. The van der Waals surface area contributed by atoms with Crippen LogP contribution in [0, 0.1) is 41.5 Å². The number of benzene rings is 9. The predicted molar refractivity (Wildman–Crippen MR) is 493 cm³/mol. The highest BCUT2D eigenvalue weighted by molar-refractivity contribution is 5.89. The summed E-state index contributed by atoms with van der Waals surface area (Å²) in [7, 11) is 4.14. The Morgan fingerprint density at radius 2 is 0.479 bits per heavy atom. The van der Waals surface area contributed by atoms with Gasteiger partial charge in [-0.25, -0.2) is 34.9 Å². The maximum Gasteiger partial charge on any atom is 0.178 e. The van der Waals surface area contributed by atoms with Crippen LogP contribution in [0.5, 0.6) is 0 Å². The van der Waals surface area contributed by atoms with E-state index in [1.54, 1.807) is 31.0 Å². The molecule has 119 heavy (non-hydrogen) atoms. The van der Waals surface area contributed by atoms with E-state index in [0.29, 0.717) is 0 Å².